The van der Waals surface area contributed by atoms with E-state index in [9.17, 15) is 29.1 Å². The third-order valence-electron chi connectivity index (χ3n) is 5.99. The van der Waals surface area contributed by atoms with Crippen molar-refractivity contribution in [3.05, 3.63) is 36.0 Å². The summed E-state index contributed by atoms with van der Waals surface area (Å²) in [6.07, 6.45) is 1.63. The molecular formula is C24H33N5O7. The van der Waals surface area contributed by atoms with Gasteiger partial charge in [-0.05, 0) is 24.5 Å². The molecule has 0 aliphatic carbocycles. The van der Waals surface area contributed by atoms with Crippen molar-refractivity contribution in [1.82, 2.24) is 20.9 Å². The normalized spacial score (nSPS) is 15.2. The number of nitrogens with two attached hydrogens (primary N) is 1. The Hall–Kier alpha value is -3.93. The minimum atomic E-state index is -1.36. The number of aromatic amines is 1. The van der Waals surface area contributed by atoms with E-state index in [0.29, 0.717) is 6.42 Å². The van der Waals surface area contributed by atoms with Crippen molar-refractivity contribution in [2.75, 3.05) is 0 Å². The molecule has 1 aromatic carbocycles. The Morgan fingerprint density at radius 3 is 2.25 bits per heavy atom. The molecule has 12 heteroatoms. The van der Waals surface area contributed by atoms with Crippen LogP contribution in [-0.2, 0) is 30.4 Å². The van der Waals surface area contributed by atoms with Gasteiger partial charge in [-0.3, -0.25) is 24.0 Å². The second-order valence-corrected chi connectivity index (χ2v) is 8.77. The number of carboxylic acid groups (broad SMARTS) is 2. The molecule has 2 aromatic rings. The fourth-order valence-corrected chi connectivity index (χ4v) is 3.61. The summed E-state index contributed by atoms with van der Waals surface area (Å²) in [6, 6.07) is 2.57. The summed E-state index contributed by atoms with van der Waals surface area (Å²) in [6.45, 7) is 4.82. The highest BCUT2D eigenvalue weighted by Crippen LogP contribution is 2.19. The molecule has 0 saturated carbocycles. The van der Waals surface area contributed by atoms with Crippen LogP contribution in [-0.4, -0.2) is 69.0 Å². The van der Waals surface area contributed by atoms with Crippen molar-refractivity contribution in [3.63, 3.8) is 0 Å². The molecule has 0 spiro atoms. The van der Waals surface area contributed by atoms with Crippen LogP contribution in [0.4, 0.5) is 0 Å². The average molecular weight is 504 g/mol. The second kappa shape index (κ2) is 12.7. The standard InChI is InChI=1S/C24H33N5O7/c1-4-12(2)20(29-21(32)16(25)10-19(30)31)23(34)28-18(22(33)27-13(3)24(35)36)9-14-11-26-17-8-6-5-7-15(14)17/h5-8,11-13,16,18,20,26H,4,9-10,25H2,1-3H3,(H,27,33)(H,28,34)(H,29,32)(H,30,31)(H,35,36). The number of hydrogen-bond acceptors (Lipinski definition) is 6. The van der Waals surface area contributed by atoms with E-state index in [2.05, 4.69) is 20.9 Å². The fraction of sp³-hybridized carbons (Fsp3) is 0.458. The van der Waals surface area contributed by atoms with Gasteiger partial charge >= 0.3 is 11.9 Å². The van der Waals surface area contributed by atoms with Gasteiger partial charge < -0.3 is 36.9 Å². The molecule has 8 N–H and O–H groups in total. The number of H-pyrrole nitrogens is 1. The molecule has 1 aromatic heterocycles. The molecule has 0 radical (unpaired) electrons. The summed E-state index contributed by atoms with van der Waals surface area (Å²) in [5.74, 6) is -5.07. The Kier molecular flexibility index (Phi) is 9.97. The lowest BCUT2D eigenvalue weighted by molar-refractivity contribution is -0.141. The lowest BCUT2D eigenvalue weighted by Crippen LogP contribution is -2.59. The Balaban J connectivity index is 2.29. The van der Waals surface area contributed by atoms with Gasteiger partial charge in [-0.25, -0.2) is 0 Å². The van der Waals surface area contributed by atoms with Gasteiger partial charge in [0, 0.05) is 23.5 Å². The first kappa shape index (κ1) is 28.3. The first-order valence-corrected chi connectivity index (χ1v) is 11.6. The van der Waals surface area contributed by atoms with Crippen LogP contribution >= 0.6 is 0 Å². The van der Waals surface area contributed by atoms with Crippen molar-refractivity contribution < 1.29 is 34.2 Å². The molecule has 36 heavy (non-hydrogen) atoms. The number of para-hydroxylation sites is 1. The Labute approximate surface area is 208 Å². The number of benzene rings is 1. The summed E-state index contributed by atoms with van der Waals surface area (Å²) in [5.41, 5.74) is 7.19. The zero-order chi connectivity index (χ0) is 27.0. The van der Waals surface area contributed by atoms with E-state index < -0.39 is 60.2 Å². The first-order valence-electron chi connectivity index (χ1n) is 11.6. The summed E-state index contributed by atoms with van der Waals surface area (Å²) >= 11 is 0. The van der Waals surface area contributed by atoms with Gasteiger partial charge in [0.2, 0.25) is 17.7 Å². The molecule has 5 unspecified atom stereocenters. The van der Waals surface area contributed by atoms with Crippen LogP contribution in [0.2, 0.25) is 0 Å². The number of hydrogen-bond donors (Lipinski definition) is 7. The van der Waals surface area contributed by atoms with E-state index in [1.165, 1.54) is 6.92 Å². The number of aromatic nitrogens is 1. The monoisotopic (exact) mass is 503 g/mol. The Morgan fingerprint density at radius 2 is 1.64 bits per heavy atom. The van der Waals surface area contributed by atoms with Gasteiger partial charge in [0.15, 0.2) is 0 Å². The van der Waals surface area contributed by atoms with Crippen molar-refractivity contribution in [2.45, 2.75) is 64.2 Å². The minimum absolute atomic E-state index is 0.0492. The average Bonchev–Trinajstić information content (AvgIpc) is 3.23. The molecule has 12 nitrogen and oxygen atoms in total. The van der Waals surface area contributed by atoms with Crippen LogP contribution in [0.25, 0.3) is 10.9 Å². The van der Waals surface area contributed by atoms with E-state index >= 15 is 0 Å². The quantitative estimate of drug-likeness (QED) is 0.199. The van der Waals surface area contributed by atoms with Crippen LogP contribution in [0.5, 0.6) is 0 Å². The zero-order valence-corrected chi connectivity index (χ0v) is 20.4. The first-order chi connectivity index (χ1) is 16.9. The highest BCUT2D eigenvalue weighted by molar-refractivity contribution is 5.95. The maximum Gasteiger partial charge on any atom is 0.325 e. The summed E-state index contributed by atoms with van der Waals surface area (Å²) in [7, 11) is 0. The van der Waals surface area contributed by atoms with Crippen molar-refractivity contribution >= 4 is 40.6 Å². The number of nitrogens with one attached hydrogen (secondary N) is 4. The lowest BCUT2D eigenvalue weighted by Gasteiger charge is -2.27. The molecule has 0 saturated heterocycles. The minimum Gasteiger partial charge on any atom is -0.481 e. The maximum atomic E-state index is 13.3. The van der Waals surface area contributed by atoms with Gasteiger partial charge in [-0.15, -0.1) is 0 Å². The number of carbonyl (C=O) groups excluding carboxylic acids is 3. The smallest absolute Gasteiger partial charge is 0.325 e. The fourth-order valence-electron chi connectivity index (χ4n) is 3.61. The van der Waals surface area contributed by atoms with E-state index in [0.717, 1.165) is 16.5 Å². The van der Waals surface area contributed by atoms with Crippen LogP contribution in [0, 0.1) is 5.92 Å². The molecular weight excluding hydrogens is 470 g/mol. The SMILES string of the molecule is CCC(C)C(NC(=O)C(N)CC(=O)O)C(=O)NC(Cc1c[nH]c2ccccc12)C(=O)NC(C)C(=O)O. The Morgan fingerprint density at radius 1 is 0.972 bits per heavy atom. The van der Waals surface area contributed by atoms with Gasteiger partial charge in [0.05, 0.1) is 12.5 Å². The van der Waals surface area contributed by atoms with Crippen molar-refractivity contribution in [3.8, 4) is 0 Å². The van der Waals surface area contributed by atoms with Crippen LogP contribution < -0.4 is 21.7 Å². The predicted molar refractivity (Wildman–Crippen MR) is 131 cm³/mol. The summed E-state index contributed by atoms with van der Waals surface area (Å²) in [4.78, 5) is 63.9. The highest BCUT2D eigenvalue weighted by atomic mass is 16.4. The molecule has 2 rings (SSSR count). The van der Waals surface area contributed by atoms with Crippen molar-refractivity contribution in [2.24, 2.45) is 11.7 Å². The van der Waals surface area contributed by atoms with Gasteiger partial charge in [0.1, 0.15) is 18.1 Å². The molecule has 0 bridgehead atoms. The maximum absolute atomic E-state index is 13.3. The third kappa shape index (κ3) is 7.54. The molecule has 5 atom stereocenters. The largest absolute Gasteiger partial charge is 0.481 e. The molecule has 196 valence electrons. The number of fused-ring (bicyclic) bond motifs is 1. The van der Waals surface area contributed by atoms with Crippen molar-refractivity contribution in [1.29, 1.82) is 0 Å². The highest BCUT2D eigenvalue weighted by Gasteiger charge is 2.32. The van der Waals surface area contributed by atoms with Gasteiger partial charge in [0.25, 0.3) is 0 Å². The number of carboxylic acids is 2. The third-order valence-corrected chi connectivity index (χ3v) is 5.99. The van der Waals surface area contributed by atoms with E-state index in [-0.39, 0.29) is 12.3 Å². The number of aliphatic carboxylic acids is 2. The van der Waals surface area contributed by atoms with Crippen LogP contribution in [0.3, 0.4) is 0 Å². The molecule has 0 fully saturated rings. The molecule has 1 heterocycles. The number of rotatable bonds is 13. The molecule has 3 amide bonds. The lowest BCUT2D eigenvalue weighted by atomic mass is 9.96. The van der Waals surface area contributed by atoms with Gasteiger partial charge in [-0.2, -0.15) is 0 Å². The number of amides is 3. The van der Waals surface area contributed by atoms with E-state index in [1.54, 1.807) is 20.0 Å². The predicted octanol–water partition coefficient (Wildman–Crippen LogP) is 0.117. The molecule has 0 aliphatic heterocycles. The van der Waals surface area contributed by atoms with E-state index in [4.69, 9.17) is 10.8 Å². The second-order valence-electron chi connectivity index (χ2n) is 8.77. The summed E-state index contributed by atoms with van der Waals surface area (Å²) < 4.78 is 0. The Bertz CT molecular complexity index is 1120. The molecule has 0 aliphatic rings. The van der Waals surface area contributed by atoms with Crippen LogP contribution in [0.1, 0.15) is 39.2 Å². The number of carbonyl (C=O) groups is 5. The summed E-state index contributed by atoms with van der Waals surface area (Å²) in [5, 5.41) is 26.4. The zero-order valence-electron chi connectivity index (χ0n) is 20.4. The van der Waals surface area contributed by atoms with Crippen LogP contribution in [0.15, 0.2) is 30.5 Å². The van der Waals surface area contributed by atoms with E-state index in [1.807, 2.05) is 24.3 Å². The van der Waals surface area contributed by atoms with Gasteiger partial charge in [-0.1, -0.05) is 38.5 Å². The topological polar surface area (TPSA) is 204 Å².